The van der Waals surface area contributed by atoms with E-state index < -0.39 is 45.6 Å². The molecule has 0 unspecified atom stereocenters. The van der Waals surface area contributed by atoms with E-state index in [4.69, 9.17) is 10.2 Å². The van der Waals surface area contributed by atoms with Gasteiger partial charge in [0.2, 0.25) is 0 Å². The molecule has 0 saturated heterocycles. The highest BCUT2D eigenvalue weighted by molar-refractivity contribution is 14.1. The number of halogens is 13. The lowest BCUT2D eigenvalue weighted by Crippen LogP contribution is -2.60. The molecule has 2 nitrogen and oxygen atoms in total. The van der Waals surface area contributed by atoms with Crippen LogP contribution in [0.1, 0.15) is 0 Å². The molecule has 0 aromatic carbocycles. The number of aliphatic hydroxyl groups is 2. The maximum absolute atomic E-state index is 12.4. The summed E-state index contributed by atoms with van der Waals surface area (Å²) >= 11 is -0.213. The first-order valence-electron chi connectivity index (χ1n) is 4.73. The van der Waals surface area contributed by atoms with Crippen LogP contribution >= 0.6 is 22.6 Å². The molecule has 0 aromatic heterocycles. The molecule has 0 rings (SSSR count). The van der Waals surface area contributed by atoms with Crippen LogP contribution in [0.5, 0.6) is 0 Å². The average Bonchev–Trinajstić information content (AvgIpc) is 2.21. The smallest absolute Gasteiger partial charge is 0.370 e. The monoisotopic (exact) mass is 486 g/mol. The highest BCUT2D eigenvalue weighted by Crippen LogP contribution is 2.52. The molecule has 0 spiro atoms. The largest absolute Gasteiger partial charge is 0.431 e. The van der Waals surface area contributed by atoms with E-state index in [1.807, 2.05) is 0 Å². The average molecular weight is 486 g/mol. The van der Waals surface area contributed by atoms with Gasteiger partial charge in [0.15, 0.2) is 0 Å². The van der Waals surface area contributed by atoms with Crippen LogP contribution in [0.25, 0.3) is 0 Å². The van der Waals surface area contributed by atoms with Crippen LogP contribution in [-0.4, -0.2) is 46.1 Å². The van der Waals surface area contributed by atoms with Gasteiger partial charge in [-0.3, -0.25) is 0 Å². The van der Waals surface area contributed by atoms with Gasteiger partial charge in [-0.2, -0.15) is 52.7 Å². The molecule has 0 amide bonds. The zero-order valence-corrected chi connectivity index (χ0v) is 12.0. The van der Waals surface area contributed by atoms with Gasteiger partial charge in [-0.1, -0.05) is 0 Å². The molecule has 138 valence electrons. The summed E-state index contributed by atoms with van der Waals surface area (Å²) in [6.45, 7) is 0. The van der Waals surface area contributed by atoms with E-state index in [1.165, 1.54) is 0 Å². The van der Waals surface area contributed by atoms with Crippen molar-refractivity contribution in [2.45, 2.75) is 35.9 Å². The van der Waals surface area contributed by atoms with E-state index in [2.05, 4.69) is 0 Å². The summed E-state index contributed by atoms with van der Waals surface area (Å²) in [5.74, 6) is 0. The van der Waals surface area contributed by atoms with E-state index in [1.54, 1.807) is 0 Å². The van der Waals surface area contributed by atoms with Crippen molar-refractivity contribution in [1.82, 2.24) is 0 Å². The Labute approximate surface area is 131 Å². The second kappa shape index (κ2) is 5.82. The minimum absolute atomic E-state index is 0.213. The standard InChI is InChI=1S/C8H3F12IO2/c9-5(10,11)3(22,6(12,13)14)1-2(21)4(23,7(15,16)17)8(18,19)20/h1,22-23H/b2-1-. The van der Waals surface area contributed by atoms with Gasteiger partial charge in [-0.05, 0) is 28.7 Å². The Kier molecular flexibility index (Phi) is 5.70. The third-order valence-corrected chi connectivity index (χ3v) is 3.46. The maximum Gasteiger partial charge on any atom is 0.431 e. The van der Waals surface area contributed by atoms with Crippen LogP contribution in [0.15, 0.2) is 9.66 Å². The number of hydrogen-bond acceptors (Lipinski definition) is 2. The molecular formula is C8H3F12IO2. The van der Waals surface area contributed by atoms with Gasteiger partial charge in [0.1, 0.15) is 0 Å². The topological polar surface area (TPSA) is 40.5 Å². The summed E-state index contributed by atoms with van der Waals surface area (Å²) in [5.41, 5.74) is -12.1. The van der Waals surface area contributed by atoms with Crippen molar-refractivity contribution in [3.05, 3.63) is 9.66 Å². The Morgan fingerprint density at radius 2 is 0.870 bits per heavy atom. The molecule has 0 saturated carbocycles. The number of rotatable bonds is 2. The summed E-state index contributed by atoms with van der Waals surface area (Å²) in [6, 6.07) is 0. The van der Waals surface area contributed by atoms with Gasteiger partial charge < -0.3 is 10.2 Å². The fourth-order valence-electron chi connectivity index (χ4n) is 1.04. The van der Waals surface area contributed by atoms with E-state index in [0.717, 1.165) is 0 Å². The van der Waals surface area contributed by atoms with E-state index in [0.29, 0.717) is 0 Å². The lowest BCUT2D eigenvalue weighted by Gasteiger charge is -2.35. The summed E-state index contributed by atoms with van der Waals surface area (Å²) in [5, 5.41) is 17.2. The molecule has 23 heavy (non-hydrogen) atoms. The van der Waals surface area contributed by atoms with Crippen LogP contribution in [-0.2, 0) is 0 Å². The first-order valence-corrected chi connectivity index (χ1v) is 5.81. The minimum atomic E-state index is -6.71. The quantitative estimate of drug-likeness (QED) is 0.458. The van der Waals surface area contributed by atoms with Crippen LogP contribution in [0, 0.1) is 0 Å². The van der Waals surface area contributed by atoms with Crippen LogP contribution < -0.4 is 0 Å². The van der Waals surface area contributed by atoms with Crippen molar-refractivity contribution >= 4 is 22.6 Å². The van der Waals surface area contributed by atoms with Gasteiger partial charge in [-0.15, -0.1) is 0 Å². The summed E-state index contributed by atoms with van der Waals surface area (Å²) in [7, 11) is 0. The summed E-state index contributed by atoms with van der Waals surface area (Å²) in [4.78, 5) is 0. The molecule has 0 aliphatic carbocycles. The fourth-order valence-corrected chi connectivity index (χ4v) is 2.11. The first kappa shape index (κ1) is 22.6. The zero-order chi connectivity index (χ0) is 19.3. The van der Waals surface area contributed by atoms with Crippen molar-refractivity contribution in [2.75, 3.05) is 0 Å². The van der Waals surface area contributed by atoms with Gasteiger partial charge in [0.25, 0.3) is 11.2 Å². The molecule has 0 fully saturated rings. The highest BCUT2D eigenvalue weighted by Gasteiger charge is 2.75. The van der Waals surface area contributed by atoms with E-state index in [9.17, 15) is 52.7 Å². The maximum atomic E-state index is 12.4. The second-order valence-electron chi connectivity index (χ2n) is 3.96. The van der Waals surface area contributed by atoms with Crippen molar-refractivity contribution < 1.29 is 62.9 Å². The molecule has 15 heteroatoms. The summed E-state index contributed by atoms with van der Waals surface area (Å²) in [6.07, 6.45) is -28.6. The van der Waals surface area contributed by atoms with Crippen molar-refractivity contribution in [3.8, 4) is 0 Å². The van der Waals surface area contributed by atoms with E-state index in [-0.39, 0.29) is 22.6 Å². The number of alkyl halides is 12. The van der Waals surface area contributed by atoms with Crippen molar-refractivity contribution in [1.29, 1.82) is 0 Å². The molecule has 0 radical (unpaired) electrons. The molecule has 0 bridgehead atoms. The van der Waals surface area contributed by atoms with Crippen LogP contribution in [0.3, 0.4) is 0 Å². The van der Waals surface area contributed by atoms with E-state index >= 15 is 0 Å². The lowest BCUT2D eigenvalue weighted by molar-refractivity contribution is -0.356. The van der Waals surface area contributed by atoms with Crippen molar-refractivity contribution in [3.63, 3.8) is 0 Å². The molecule has 0 atom stereocenters. The third kappa shape index (κ3) is 3.80. The Morgan fingerprint density at radius 3 is 1.04 bits per heavy atom. The van der Waals surface area contributed by atoms with Crippen LogP contribution in [0.4, 0.5) is 52.7 Å². The van der Waals surface area contributed by atoms with Crippen molar-refractivity contribution in [2.24, 2.45) is 0 Å². The Hall–Kier alpha value is -0.450. The molecule has 0 aliphatic heterocycles. The van der Waals surface area contributed by atoms with Gasteiger partial charge in [0.05, 0.1) is 0 Å². The van der Waals surface area contributed by atoms with Crippen LogP contribution in [0.2, 0.25) is 0 Å². The predicted molar refractivity (Wildman–Crippen MR) is 56.2 cm³/mol. The lowest BCUT2D eigenvalue weighted by atomic mass is 9.95. The Morgan fingerprint density at radius 1 is 0.609 bits per heavy atom. The Bertz CT molecular complexity index is 439. The summed E-state index contributed by atoms with van der Waals surface area (Å²) < 4.78 is 145. The normalized spacial score (nSPS) is 16.7. The molecular weight excluding hydrogens is 483 g/mol. The minimum Gasteiger partial charge on any atom is -0.370 e. The molecule has 0 heterocycles. The molecule has 0 aliphatic rings. The number of hydrogen-bond donors (Lipinski definition) is 2. The zero-order valence-electron chi connectivity index (χ0n) is 9.89. The predicted octanol–water partition coefficient (Wildman–Crippen LogP) is 4.02. The molecule has 0 aromatic rings. The second-order valence-corrected chi connectivity index (χ2v) is 5.12. The first-order chi connectivity index (χ1) is 9.63. The molecule has 2 N–H and O–H groups in total. The third-order valence-electron chi connectivity index (χ3n) is 2.37. The van der Waals surface area contributed by atoms with Gasteiger partial charge in [0, 0.05) is 3.58 Å². The SMILES string of the molecule is OC(/C=C(\I)C(O)(C(F)(F)F)C(F)(F)F)(C(F)(F)F)C(F)(F)F. The van der Waals surface area contributed by atoms with Gasteiger partial charge in [-0.25, -0.2) is 0 Å². The Balaban J connectivity index is 6.55. The highest BCUT2D eigenvalue weighted by atomic mass is 127. The fraction of sp³-hybridized carbons (Fsp3) is 0.750. The van der Waals surface area contributed by atoms with Gasteiger partial charge >= 0.3 is 24.7 Å².